The molecule has 1 heterocycles. The lowest BCUT2D eigenvalue weighted by molar-refractivity contribution is -0.114. The summed E-state index contributed by atoms with van der Waals surface area (Å²) >= 11 is 1.45. The lowest BCUT2D eigenvalue weighted by Gasteiger charge is -2.03. The average molecular weight is 290 g/mol. The third-order valence-electron chi connectivity index (χ3n) is 1.85. The number of nitrogens with one attached hydrogen (secondary N) is 1. The fourth-order valence-corrected chi connectivity index (χ4v) is 2.49. The standard InChI is InChI=1S/C10H14N2O4S2/c1-8-11-9(7-17-8)3-4-10(13)12-18(14,15)6-5-16-2/h3-4,7H,5-6H2,1-2H3,(H,12,13)/b4-3+. The molecule has 1 N–H and O–H groups in total. The molecule has 0 fully saturated rings. The first-order chi connectivity index (χ1) is 8.43. The number of nitrogens with zero attached hydrogens (tertiary/aromatic N) is 1. The fourth-order valence-electron chi connectivity index (χ4n) is 1.05. The lowest BCUT2D eigenvalue weighted by atomic mass is 10.4. The van der Waals surface area contributed by atoms with Crippen LogP contribution in [0.3, 0.4) is 0 Å². The Kier molecular flexibility index (Phi) is 5.45. The highest BCUT2D eigenvalue weighted by Gasteiger charge is 2.12. The Bertz CT molecular complexity index is 534. The molecule has 0 radical (unpaired) electrons. The number of aromatic nitrogens is 1. The van der Waals surface area contributed by atoms with Crippen LogP contribution in [0.25, 0.3) is 6.08 Å². The van der Waals surface area contributed by atoms with Crippen molar-refractivity contribution in [3.05, 3.63) is 22.2 Å². The van der Waals surface area contributed by atoms with Crippen LogP contribution in [-0.4, -0.2) is 38.8 Å². The molecule has 0 saturated carbocycles. The number of thiazole rings is 1. The van der Waals surface area contributed by atoms with Gasteiger partial charge in [0.25, 0.3) is 5.91 Å². The first-order valence-corrected chi connectivity index (χ1v) is 7.60. The number of rotatable bonds is 6. The van der Waals surface area contributed by atoms with Gasteiger partial charge in [-0.1, -0.05) is 0 Å². The van der Waals surface area contributed by atoms with Gasteiger partial charge in [0.15, 0.2) is 0 Å². The maximum Gasteiger partial charge on any atom is 0.257 e. The van der Waals surface area contributed by atoms with Gasteiger partial charge < -0.3 is 4.74 Å². The SMILES string of the molecule is COCCS(=O)(=O)NC(=O)/C=C/c1csc(C)n1. The second-order valence-corrected chi connectivity index (χ2v) is 6.31. The number of carbonyl (C=O) groups excluding carboxylic acids is 1. The van der Waals surface area contributed by atoms with Crippen LogP contribution < -0.4 is 4.72 Å². The normalized spacial score (nSPS) is 11.9. The summed E-state index contributed by atoms with van der Waals surface area (Å²) < 4.78 is 29.3. The molecule has 0 aliphatic carbocycles. The van der Waals surface area contributed by atoms with E-state index in [1.165, 1.54) is 24.5 Å². The van der Waals surface area contributed by atoms with Crippen molar-refractivity contribution in [2.24, 2.45) is 0 Å². The predicted molar refractivity (Wildman–Crippen MR) is 69.7 cm³/mol. The molecule has 1 aromatic heterocycles. The van der Waals surface area contributed by atoms with Gasteiger partial charge >= 0.3 is 0 Å². The number of amides is 1. The van der Waals surface area contributed by atoms with Gasteiger partial charge in [0, 0.05) is 18.6 Å². The van der Waals surface area contributed by atoms with Gasteiger partial charge in [0.2, 0.25) is 10.0 Å². The monoisotopic (exact) mass is 290 g/mol. The van der Waals surface area contributed by atoms with Crippen molar-refractivity contribution in [2.75, 3.05) is 19.5 Å². The van der Waals surface area contributed by atoms with E-state index in [-0.39, 0.29) is 12.4 Å². The van der Waals surface area contributed by atoms with Crippen LogP contribution in [0.15, 0.2) is 11.5 Å². The zero-order valence-electron chi connectivity index (χ0n) is 10.0. The second-order valence-electron chi connectivity index (χ2n) is 3.40. The molecule has 0 aromatic carbocycles. The molecule has 18 heavy (non-hydrogen) atoms. The summed E-state index contributed by atoms with van der Waals surface area (Å²) in [4.78, 5) is 15.5. The summed E-state index contributed by atoms with van der Waals surface area (Å²) in [6.07, 6.45) is 2.60. The molecule has 0 spiro atoms. The van der Waals surface area contributed by atoms with Crippen molar-refractivity contribution in [1.82, 2.24) is 9.71 Å². The van der Waals surface area contributed by atoms with Gasteiger partial charge in [0.05, 0.1) is 23.1 Å². The van der Waals surface area contributed by atoms with E-state index in [9.17, 15) is 13.2 Å². The smallest absolute Gasteiger partial charge is 0.257 e. The number of sulfonamides is 1. The number of ether oxygens (including phenoxy) is 1. The molecule has 0 aliphatic heterocycles. The van der Waals surface area contributed by atoms with Crippen molar-refractivity contribution >= 4 is 33.3 Å². The Morgan fingerprint density at radius 3 is 2.89 bits per heavy atom. The third kappa shape index (κ3) is 5.39. The number of methoxy groups -OCH3 is 1. The topological polar surface area (TPSA) is 85.4 Å². The van der Waals surface area contributed by atoms with Crippen molar-refractivity contribution in [2.45, 2.75) is 6.92 Å². The van der Waals surface area contributed by atoms with Gasteiger partial charge in [-0.2, -0.15) is 0 Å². The van der Waals surface area contributed by atoms with Gasteiger partial charge in [0.1, 0.15) is 0 Å². The van der Waals surface area contributed by atoms with Gasteiger partial charge in [-0.3, -0.25) is 4.79 Å². The minimum absolute atomic E-state index is 0.0393. The summed E-state index contributed by atoms with van der Waals surface area (Å²) in [5.74, 6) is -0.949. The van der Waals surface area contributed by atoms with Crippen LogP contribution in [-0.2, 0) is 19.6 Å². The van der Waals surface area contributed by atoms with Crippen molar-refractivity contribution in [3.63, 3.8) is 0 Å². The Morgan fingerprint density at radius 1 is 1.61 bits per heavy atom. The molecular weight excluding hydrogens is 276 g/mol. The van der Waals surface area contributed by atoms with E-state index in [1.807, 2.05) is 11.6 Å². The molecule has 8 heteroatoms. The molecule has 6 nitrogen and oxygen atoms in total. The summed E-state index contributed by atoms with van der Waals surface area (Å²) in [7, 11) is -2.25. The summed E-state index contributed by atoms with van der Waals surface area (Å²) in [5, 5.41) is 2.65. The molecule has 1 amide bonds. The molecule has 0 aliphatic rings. The van der Waals surface area contributed by atoms with E-state index < -0.39 is 15.9 Å². The van der Waals surface area contributed by atoms with Crippen molar-refractivity contribution < 1.29 is 17.9 Å². The van der Waals surface area contributed by atoms with Gasteiger partial charge in [-0.25, -0.2) is 18.1 Å². The number of carbonyl (C=O) groups is 1. The maximum absolute atomic E-state index is 11.4. The average Bonchev–Trinajstić information content (AvgIpc) is 2.69. The van der Waals surface area contributed by atoms with Crippen LogP contribution in [0.5, 0.6) is 0 Å². The van der Waals surface area contributed by atoms with Crippen LogP contribution >= 0.6 is 11.3 Å². The number of hydrogen-bond acceptors (Lipinski definition) is 6. The third-order valence-corrected chi connectivity index (χ3v) is 3.86. The first-order valence-electron chi connectivity index (χ1n) is 5.06. The quantitative estimate of drug-likeness (QED) is 0.774. The Balaban J connectivity index is 2.54. The second kappa shape index (κ2) is 6.62. The number of aryl methyl sites for hydroxylation is 1. The van der Waals surface area contributed by atoms with Crippen LogP contribution in [0.4, 0.5) is 0 Å². The van der Waals surface area contributed by atoms with E-state index in [0.717, 1.165) is 11.1 Å². The molecule has 100 valence electrons. The summed E-state index contributed by atoms with van der Waals surface area (Å²) in [5.41, 5.74) is 0.627. The van der Waals surface area contributed by atoms with E-state index in [4.69, 9.17) is 0 Å². The molecule has 0 unspecified atom stereocenters. The highest BCUT2D eigenvalue weighted by atomic mass is 32.2. The predicted octanol–water partition coefficient (Wildman–Crippen LogP) is 0.557. The lowest BCUT2D eigenvalue weighted by Crippen LogP contribution is -2.32. The summed E-state index contributed by atoms with van der Waals surface area (Å²) in [6, 6.07) is 0. The van der Waals surface area contributed by atoms with Crippen molar-refractivity contribution in [3.8, 4) is 0 Å². The molecule has 0 bridgehead atoms. The molecule has 0 saturated heterocycles. The largest absolute Gasteiger partial charge is 0.384 e. The first kappa shape index (κ1) is 14.8. The summed E-state index contributed by atoms with van der Waals surface area (Å²) in [6.45, 7) is 1.88. The van der Waals surface area contributed by atoms with E-state index in [0.29, 0.717) is 5.69 Å². The minimum Gasteiger partial charge on any atom is -0.384 e. The highest BCUT2D eigenvalue weighted by Crippen LogP contribution is 2.08. The van der Waals surface area contributed by atoms with E-state index in [1.54, 1.807) is 5.38 Å². The molecule has 0 atom stereocenters. The Labute approximate surface area is 110 Å². The van der Waals surface area contributed by atoms with Gasteiger partial charge in [-0.05, 0) is 13.0 Å². The zero-order valence-corrected chi connectivity index (χ0v) is 11.7. The van der Waals surface area contributed by atoms with E-state index in [2.05, 4.69) is 9.72 Å². The van der Waals surface area contributed by atoms with Crippen molar-refractivity contribution in [1.29, 1.82) is 0 Å². The number of hydrogen-bond donors (Lipinski definition) is 1. The van der Waals surface area contributed by atoms with Gasteiger partial charge in [-0.15, -0.1) is 11.3 Å². The molecule has 1 aromatic rings. The minimum atomic E-state index is -3.64. The maximum atomic E-state index is 11.4. The zero-order chi connectivity index (χ0) is 13.6. The Hall–Kier alpha value is -1.25. The molecule has 1 rings (SSSR count). The van der Waals surface area contributed by atoms with E-state index >= 15 is 0 Å². The van der Waals surface area contributed by atoms with Crippen LogP contribution in [0.2, 0.25) is 0 Å². The fraction of sp³-hybridized carbons (Fsp3) is 0.400. The van der Waals surface area contributed by atoms with Crippen LogP contribution in [0, 0.1) is 6.92 Å². The molecular formula is C10H14N2O4S2. The Morgan fingerprint density at radius 2 is 2.33 bits per heavy atom. The highest BCUT2D eigenvalue weighted by molar-refractivity contribution is 7.90. The van der Waals surface area contributed by atoms with Crippen LogP contribution in [0.1, 0.15) is 10.7 Å².